The number of nitrogens with one attached hydrogen (secondary N) is 1. The number of hydrogen-bond acceptors (Lipinski definition) is 1. The van der Waals surface area contributed by atoms with Gasteiger partial charge in [-0.2, -0.15) is 0 Å². The monoisotopic (exact) mass is 181 g/mol. The Morgan fingerprint density at radius 1 is 1.62 bits per heavy atom. The fourth-order valence-electron chi connectivity index (χ4n) is 1.67. The first-order valence-corrected chi connectivity index (χ1v) is 5.14. The minimum absolute atomic E-state index is 0.187. The number of rotatable bonds is 3. The third-order valence-electron chi connectivity index (χ3n) is 2.25. The van der Waals surface area contributed by atoms with Crippen molar-refractivity contribution in [1.29, 1.82) is 0 Å². The van der Waals surface area contributed by atoms with Crippen molar-refractivity contribution in [2.45, 2.75) is 45.6 Å². The molecule has 0 saturated heterocycles. The summed E-state index contributed by atoms with van der Waals surface area (Å²) >= 11 is 0. The van der Waals surface area contributed by atoms with Crippen LogP contribution in [0.4, 0.5) is 0 Å². The molecule has 0 radical (unpaired) electrons. The molecule has 2 heteroatoms. The third-order valence-corrected chi connectivity index (χ3v) is 2.25. The van der Waals surface area contributed by atoms with Crippen molar-refractivity contribution in [2.75, 3.05) is 0 Å². The lowest BCUT2D eigenvalue weighted by molar-refractivity contribution is -0.122. The molecular weight excluding hydrogens is 162 g/mol. The van der Waals surface area contributed by atoms with Crippen LogP contribution in [-0.4, -0.2) is 11.9 Å². The average Bonchev–Trinajstić information content (AvgIpc) is 2.04. The van der Waals surface area contributed by atoms with E-state index in [0.717, 1.165) is 0 Å². The summed E-state index contributed by atoms with van der Waals surface area (Å²) in [6, 6.07) is 0.264. The molecule has 0 aromatic carbocycles. The van der Waals surface area contributed by atoms with Crippen LogP contribution in [-0.2, 0) is 4.79 Å². The van der Waals surface area contributed by atoms with Gasteiger partial charge in [-0.1, -0.05) is 12.2 Å². The molecule has 1 unspecified atom stereocenters. The predicted octanol–water partition coefficient (Wildman–Crippen LogP) is 2.26. The molecule has 0 saturated carbocycles. The van der Waals surface area contributed by atoms with Crippen molar-refractivity contribution in [1.82, 2.24) is 5.32 Å². The zero-order valence-electron chi connectivity index (χ0n) is 8.55. The molecule has 0 spiro atoms. The molecule has 0 fully saturated rings. The molecule has 1 aliphatic carbocycles. The number of carbonyl (C=O) groups is 1. The first-order valence-electron chi connectivity index (χ1n) is 5.14. The van der Waals surface area contributed by atoms with Crippen LogP contribution in [0.5, 0.6) is 0 Å². The molecule has 1 N–H and O–H groups in total. The summed E-state index contributed by atoms with van der Waals surface area (Å²) in [4.78, 5) is 11.4. The zero-order chi connectivity index (χ0) is 9.68. The molecule has 1 rings (SSSR count). The second-order valence-corrected chi connectivity index (χ2v) is 4.05. The molecule has 1 atom stereocenters. The van der Waals surface area contributed by atoms with Gasteiger partial charge in [0.15, 0.2) is 0 Å². The smallest absolute Gasteiger partial charge is 0.220 e. The van der Waals surface area contributed by atoms with E-state index in [1.807, 2.05) is 13.8 Å². The van der Waals surface area contributed by atoms with Gasteiger partial charge in [0.1, 0.15) is 0 Å². The normalized spacial score (nSPS) is 21.9. The van der Waals surface area contributed by atoms with E-state index in [1.165, 1.54) is 19.3 Å². The van der Waals surface area contributed by atoms with Gasteiger partial charge in [0.05, 0.1) is 0 Å². The molecule has 74 valence electrons. The van der Waals surface area contributed by atoms with Gasteiger partial charge in [-0.3, -0.25) is 4.79 Å². The second kappa shape index (κ2) is 5.05. The van der Waals surface area contributed by atoms with Crippen molar-refractivity contribution in [3.05, 3.63) is 12.2 Å². The number of amides is 1. The minimum atomic E-state index is 0.187. The summed E-state index contributed by atoms with van der Waals surface area (Å²) in [7, 11) is 0. The highest BCUT2D eigenvalue weighted by Crippen LogP contribution is 2.19. The molecule has 0 aromatic rings. The molecule has 1 amide bonds. The summed E-state index contributed by atoms with van der Waals surface area (Å²) in [5, 5.41) is 2.92. The van der Waals surface area contributed by atoms with Crippen LogP contribution >= 0.6 is 0 Å². The molecule has 0 bridgehead atoms. The largest absolute Gasteiger partial charge is 0.354 e. The Bertz CT molecular complexity index is 196. The van der Waals surface area contributed by atoms with E-state index in [1.54, 1.807) is 0 Å². The van der Waals surface area contributed by atoms with E-state index in [2.05, 4.69) is 17.5 Å². The van der Waals surface area contributed by atoms with Crippen LogP contribution in [0.1, 0.15) is 39.5 Å². The molecule has 0 heterocycles. The number of allylic oxidation sites excluding steroid dienone is 2. The Morgan fingerprint density at radius 3 is 2.92 bits per heavy atom. The van der Waals surface area contributed by atoms with Crippen LogP contribution in [0.2, 0.25) is 0 Å². The number of carbonyl (C=O) groups excluding carboxylic acids is 1. The van der Waals surface area contributed by atoms with Crippen LogP contribution in [0, 0.1) is 5.92 Å². The summed E-state index contributed by atoms with van der Waals surface area (Å²) in [6.07, 6.45) is 8.62. The third kappa shape index (κ3) is 4.11. The van der Waals surface area contributed by atoms with Gasteiger partial charge in [-0.05, 0) is 39.0 Å². The summed E-state index contributed by atoms with van der Waals surface area (Å²) in [5.74, 6) is 0.666. The Morgan fingerprint density at radius 2 is 2.38 bits per heavy atom. The van der Waals surface area contributed by atoms with Gasteiger partial charge in [0.2, 0.25) is 5.91 Å². The van der Waals surface area contributed by atoms with E-state index in [9.17, 15) is 4.79 Å². The van der Waals surface area contributed by atoms with Crippen molar-refractivity contribution in [3.8, 4) is 0 Å². The maximum Gasteiger partial charge on any atom is 0.220 e. The van der Waals surface area contributed by atoms with Gasteiger partial charge in [-0.25, -0.2) is 0 Å². The SMILES string of the molecule is CC(C)NC(=O)CC1C=CCCC1. The van der Waals surface area contributed by atoms with Gasteiger partial charge in [0, 0.05) is 12.5 Å². The fraction of sp³-hybridized carbons (Fsp3) is 0.727. The van der Waals surface area contributed by atoms with E-state index in [0.29, 0.717) is 12.3 Å². The van der Waals surface area contributed by atoms with Crippen LogP contribution in [0.25, 0.3) is 0 Å². The molecule has 2 nitrogen and oxygen atoms in total. The summed E-state index contributed by atoms with van der Waals surface area (Å²) in [6.45, 7) is 3.99. The average molecular weight is 181 g/mol. The van der Waals surface area contributed by atoms with Crippen molar-refractivity contribution in [2.24, 2.45) is 5.92 Å². The minimum Gasteiger partial charge on any atom is -0.354 e. The maximum absolute atomic E-state index is 11.4. The van der Waals surface area contributed by atoms with Gasteiger partial charge < -0.3 is 5.32 Å². The highest BCUT2D eigenvalue weighted by Gasteiger charge is 2.13. The summed E-state index contributed by atoms with van der Waals surface area (Å²) < 4.78 is 0. The fourth-order valence-corrected chi connectivity index (χ4v) is 1.67. The Balaban J connectivity index is 2.26. The zero-order valence-corrected chi connectivity index (χ0v) is 8.55. The molecular formula is C11H19NO. The predicted molar refractivity (Wildman–Crippen MR) is 54.4 cm³/mol. The van der Waals surface area contributed by atoms with Gasteiger partial charge in [-0.15, -0.1) is 0 Å². The first kappa shape index (κ1) is 10.3. The van der Waals surface area contributed by atoms with Crippen molar-refractivity contribution in [3.63, 3.8) is 0 Å². The highest BCUT2D eigenvalue weighted by molar-refractivity contribution is 5.76. The first-order chi connectivity index (χ1) is 6.18. The van der Waals surface area contributed by atoms with Crippen LogP contribution in [0.3, 0.4) is 0 Å². The molecule has 13 heavy (non-hydrogen) atoms. The Hall–Kier alpha value is -0.790. The maximum atomic E-state index is 11.4. The van der Waals surface area contributed by atoms with Gasteiger partial charge >= 0.3 is 0 Å². The quantitative estimate of drug-likeness (QED) is 0.665. The van der Waals surface area contributed by atoms with Crippen LogP contribution in [0.15, 0.2) is 12.2 Å². The Kier molecular flexibility index (Phi) is 4.00. The lowest BCUT2D eigenvalue weighted by Gasteiger charge is -2.16. The van der Waals surface area contributed by atoms with E-state index in [-0.39, 0.29) is 11.9 Å². The lowest BCUT2D eigenvalue weighted by atomic mass is 9.93. The molecule has 0 aromatic heterocycles. The van der Waals surface area contributed by atoms with Crippen LogP contribution < -0.4 is 5.32 Å². The van der Waals surface area contributed by atoms with E-state index >= 15 is 0 Å². The van der Waals surface area contributed by atoms with Crippen molar-refractivity contribution < 1.29 is 4.79 Å². The van der Waals surface area contributed by atoms with Crippen molar-refractivity contribution >= 4 is 5.91 Å². The summed E-state index contributed by atoms with van der Waals surface area (Å²) in [5.41, 5.74) is 0. The van der Waals surface area contributed by atoms with E-state index in [4.69, 9.17) is 0 Å². The lowest BCUT2D eigenvalue weighted by Crippen LogP contribution is -2.31. The van der Waals surface area contributed by atoms with Gasteiger partial charge in [0.25, 0.3) is 0 Å². The second-order valence-electron chi connectivity index (χ2n) is 4.05. The standard InChI is InChI=1S/C11H19NO/c1-9(2)12-11(13)8-10-6-4-3-5-7-10/h4,6,9-10H,3,5,7-8H2,1-2H3,(H,12,13). The molecule has 1 aliphatic rings. The number of hydrogen-bond donors (Lipinski definition) is 1. The highest BCUT2D eigenvalue weighted by atomic mass is 16.1. The van der Waals surface area contributed by atoms with E-state index < -0.39 is 0 Å². The molecule has 0 aliphatic heterocycles. The topological polar surface area (TPSA) is 29.1 Å². The Labute approximate surface area is 80.4 Å².